The summed E-state index contributed by atoms with van der Waals surface area (Å²) in [4.78, 5) is 0. The van der Waals surface area contributed by atoms with E-state index >= 15 is 0 Å². The molecule has 3 rings (SSSR count). The smallest absolute Gasteiger partial charge is 0.187 e. The van der Waals surface area contributed by atoms with Crippen molar-refractivity contribution in [3.8, 4) is 0 Å². The zero-order chi connectivity index (χ0) is 20.8. The van der Waals surface area contributed by atoms with Gasteiger partial charge in [-0.3, -0.25) is 0 Å². The lowest BCUT2D eigenvalue weighted by Crippen LogP contribution is -2.64. The molecule has 162 valence electrons. The Morgan fingerprint density at radius 2 is 1.50 bits per heavy atom. The molecule has 15 nitrogen and oxygen atoms in total. The second-order valence-corrected chi connectivity index (χ2v) is 6.09. The molecule has 1 unspecified atom stereocenters. The van der Waals surface area contributed by atoms with Crippen LogP contribution < -0.4 is 0 Å². The highest BCUT2D eigenvalue weighted by Gasteiger charge is 2.50. The molecule has 0 spiro atoms. The largest absolute Gasteiger partial charge is 0.394 e. The molecule has 3 heterocycles. The Balaban J connectivity index is 0.000000485. The fourth-order valence-corrected chi connectivity index (χ4v) is 2.70. The van der Waals surface area contributed by atoms with Gasteiger partial charge in [0.1, 0.15) is 48.8 Å². The van der Waals surface area contributed by atoms with Crippen LogP contribution in [-0.4, -0.2) is 136 Å². The molecule has 15 heteroatoms. The molecular weight excluding hydrogens is 388 g/mol. The average molecular weight is 412 g/mol. The average Bonchev–Trinajstić information content (AvgIpc) is 3.28. The van der Waals surface area contributed by atoms with E-state index in [4.69, 9.17) is 19.3 Å². The summed E-state index contributed by atoms with van der Waals surface area (Å²) in [5.41, 5.74) is 0. The number of aromatic amines is 1. The molecule has 1 aromatic heterocycles. The summed E-state index contributed by atoms with van der Waals surface area (Å²) in [6.07, 6.45) is -14.2. The van der Waals surface area contributed by atoms with E-state index in [1.165, 1.54) is 6.33 Å². The van der Waals surface area contributed by atoms with E-state index < -0.39 is 74.6 Å². The number of aliphatic hydroxyl groups is 8. The maximum absolute atomic E-state index is 9.94. The number of nitrogens with zero attached hydrogens (tertiary/aromatic N) is 3. The Kier molecular flexibility index (Phi) is 8.53. The van der Waals surface area contributed by atoms with E-state index in [1.807, 2.05) is 0 Å². The summed E-state index contributed by atoms with van der Waals surface area (Å²) in [6.45, 7) is -1.35. The van der Waals surface area contributed by atoms with Gasteiger partial charge in [-0.05, 0) is 0 Å². The first kappa shape index (κ1) is 22.9. The van der Waals surface area contributed by atoms with E-state index in [2.05, 4.69) is 20.6 Å². The molecule has 28 heavy (non-hydrogen) atoms. The van der Waals surface area contributed by atoms with E-state index in [0.717, 1.165) is 0 Å². The zero-order valence-corrected chi connectivity index (χ0v) is 14.4. The van der Waals surface area contributed by atoms with Crippen LogP contribution in [0.3, 0.4) is 0 Å². The van der Waals surface area contributed by atoms with Gasteiger partial charge in [0.25, 0.3) is 0 Å². The summed E-state index contributed by atoms with van der Waals surface area (Å²) in [7, 11) is 0. The maximum Gasteiger partial charge on any atom is 0.187 e. The van der Waals surface area contributed by atoms with Gasteiger partial charge in [-0.15, -0.1) is 10.2 Å². The van der Waals surface area contributed by atoms with Gasteiger partial charge >= 0.3 is 0 Å². The predicted molar refractivity (Wildman–Crippen MR) is 82.8 cm³/mol. The normalized spacial score (nSPS) is 43.9. The fourth-order valence-electron chi connectivity index (χ4n) is 2.70. The van der Waals surface area contributed by atoms with Crippen LogP contribution in [0.25, 0.3) is 0 Å². The van der Waals surface area contributed by atoms with Gasteiger partial charge in [0, 0.05) is 0 Å². The highest BCUT2D eigenvalue weighted by Crippen LogP contribution is 2.28. The van der Waals surface area contributed by atoms with Crippen LogP contribution in [0.15, 0.2) is 6.33 Å². The van der Waals surface area contributed by atoms with Crippen LogP contribution in [0.1, 0.15) is 0 Å². The topological polar surface area (TPSA) is 244 Å². The number of H-pyrrole nitrogens is 1. The van der Waals surface area contributed by atoms with E-state index in [0.29, 0.717) is 0 Å². The van der Waals surface area contributed by atoms with Crippen molar-refractivity contribution in [1.82, 2.24) is 20.6 Å². The van der Waals surface area contributed by atoms with Crippen molar-refractivity contribution in [3.63, 3.8) is 0 Å². The van der Waals surface area contributed by atoms with Gasteiger partial charge in [-0.25, -0.2) is 0 Å². The molecule has 2 aliphatic rings. The van der Waals surface area contributed by atoms with Crippen LogP contribution in [-0.2, 0) is 14.2 Å². The van der Waals surface area contributed by atoms with Gasteiger partial charge in [-0.1, -0.05) is 5.21 Å². The molecule has 2 fully saturated rings. The zero-order valence-electron chi connectivity index (χ0n) is 14.4. The summed E-state index contributed by atoms with van der Waals surface area (Å²) < 4.78 is 15.3. The molecule has 10 atom stereocenters. The molecule has 2 aliphatic heterocycles. The standard InChI is InChI=1S/C12H22O11.CH2N4/c13-1-3-5(15)6(16)9(19)12(22-3)23-10-4(2-14)21-11(20)8(18)7(10)17;1-2-4-5-3-1/h3-20H,1-2H2;1H,(H,2,3,4,5)/t3-,4-,5+,6+,7-,8-,9-,10-,11?,12+;/m1./s1. The molecule has 0 bridgehead atoms. The molecule has 2 saturated heterocycles. The SMILES string of the molecule is OC[C@H]1O[C@@H](O[C@H]2[C@H](O)[C@@H](O)C(O)O[C@@H]2CO)[C@H](O)[C@@H](O)[C@H]1O.c1nn[nH]n1. The van der Waals surface area contributed by atoms with Crippen molar-refractivity contribution < 1.29 is 55.1 Å². The molecule has 0 aromatic carbocycles. The van der Waals surface area contributed by atoms with Crippen LogP contribution in [0, 0.1) is 0 Å². The third-order valence-electron chi connectivity index (χ3n) is 4.25. The van der Waals surface area contributed by atoms with Crippen molar-refractivity contribution in [2.75, 3.05) is 13.2 Å². The maximum atomic E-state index is 9.94. The molecule has 0 amide bonds. The van der Waals surface area contributed by atoms with Crippen molar-refractivity contribution >= 4 is 0 Å². The van der Waals surface area contributed by atoms with Crippen molar-refractivity contribution in [2.24, 2.45) is 0 Å². The third kappa shape index (κ3) is 5.16. The van der Waals surface area contributed by atoms with Crippen LogP contribution in [0.5, 0.6) is 0 Å². The number of ether oxygens (including phenoxy) is 3. The minimum absolute atomic E-state index is 0.667. The number of aromatic nitrogens is 4. The molecule has 0 aliphatic carbocycles. The van der Waals surface area contributed by atoms with Crippen molar-refractivity contribution in [3.05, 3.63) is 6.33 Å². The second kappa shape index (κ2) is 10.4. The van der Waals surface area contributed by atoms with Gasteiger partial charge < -0.3 is 55.1 Å². The van der Waals surface area contributed by atoms with Gasteiger partial charge in [0.05, 0.1) is 13.2 Å². The molecule has 0 saturated carbocycles. The summed E-state index contributed by atoms with van der Waals surface area (Å²) in [6, 6.07) is 0. The van der Waals surface area contributed by atoms with Crippen LogP contribution >= 0.6 is 0 Å². The third-order valence-corrected chi connectivity index (χ3v) is 4.25. The monoisotopic (exact) mass is 412 g/mol. The molecule has 1 aromatic rings. The van der Waals surface area contributed by atoms with Gasteiger partial charge in [0.15, 0.2) is 18.9 Å². The molecule has 9 N–H and O–H groups in total. The van der Waals surface area contributed by atoms with E-state index in [9.17, 15) is 35.7 Å². The highest BCUT2D eigenvalue weighted by molar-refractivity contribution is 4.93. The Bertz CT molecular complexity index is 533. The molecule has 0 radical (unpaired) electrons. The second-order valence-electron chi connectivity index (χ2n) is 6.09. The summed E-state index contributed by atoms with van der Waals surface area (Å²) in [5, 5.41) is 88.7. The first-order valence-corrected chi connectivity index (χ1v) is 8.24. The van der Waals surface area contributed by atoms with E-state index in [1.54, 1.807) is 0 Å². The Labute approximate surface area is 157 Å². The Morgan fingerprint density at radius 3 is 2.00 bits per heavy atom. The summed E-state index contributed by atoms with van der Waals surface area (Å²) >= 11 is 0. The quantitative estimate of drug-likeness (QED) is 0.223. The highest BCUT2D eigenvalue weighted by atomic mass is 16.7. The molecular formula is C13H24N4O11. The van der Waals surface area contributed by atoms with Gasteiger partial charge in [0.2, 0.25) is 0 Å². The number of nitrogens with one attached hydrogen (secondary N) is 1. The summed E-state index contributed by atoms with van der Waals surface area (Å²) in [5.74, 6) is 0. The lowest BCUT2D eigenvalue weighted by molar-refractivity contribution is -0.355. The number of hydrogen-bond acceptors (Lipinski definition) is 14. The van der Waals surface area contributed by atoms with Crippen LogP contribution in [0.4, 0.5) is 0 Å². The lowest BCUT2D eigenvalue weighted by atomic mass is 9.97. The lowest BCUT2D eigenvalue weighted by Gasteiger charge is -2.45. The number of tetrazole rings is 1. The first-order valence-electron chi connectivity index (χ1n) is 8.24. The number of rotatable bonds is 4. The van der Waals surface area contributed by atoms with Crippen molar-refractivity contribution in [1.29, 1.82) is 0 Å². The number of aliphatic hydroxyl groups excluding tert-OH is 8. The number of hydrogen-bond donors (Lipinski definition) is 9. The van der Waals surface area contributed by atoms with Crippen LogP contribution in [0.2, 0.25) is 0 Å². The fraction of sp³-hybridized carbons (Fsp3) is 0.923. The van der Waals surface area contributed by atoms with Gasteiger partial charge in [-0.2, -0.15) is 5.21 Å². The minimum atomic E-state index is -1.74. The van der Waals surface area contributed by atoms with E-state index in [-0.39, 0.29) is 0 Å². The minimum Gasteiger partial charge on any atom is -0.394 e. The van der Waals surface area contributed by atoms with Crippen molar-refractivity contribution in [2.45, 2.75) is 61.4 Å². The Morgan fingerprint density at radius 1 is 0.821 bits per heavy atom. The Hall–Kier alpha value is -1.37. The first-order chi connectivity index (χ1) is 13.3. The predicted octanol–water partition coefficient (Wildman–Crippen LogP) is -6.20.